The van der Waals surface area contributed by atoms with Gasteiger partial charge in [0.1, 0.15) is 5.25 Å². The number of carbonyl (C=O) groups is 1. The third kappa shape index (κ3) is 5.10. The second kappa shape index (κ2) is 6.70. The standard InChI is InChI=1S/C13H26N2O3S/c1-13(2,7-5-8-14)10-15-12(16)11-6-3-4-9-19(11,17)18/h11H,3-10,14H2,1-2H3,(H,15,16). The van der Waals surface area contributed by atoms with Crippen LogP contribution in [0.5, 0.6) is 0 Å². The molecule has 1 aliphatic heterocycles. The molecule has 0 bridgehead atoms. The van der Waals surface area contributed by atoms with Gasteiger partial charge in [-0.25, -0.2) is 8.42 Å². The van der Waals surface area contributed by atoms with Crippen LogP contribution in [0.3, 0.4) is 0 Å². The van der Waals surface area contributed by atoms with Gasteiger partial charge in [-0.05, 0) is 37.6 Å². The van der Waals surface area contributed by atoms with E-state index in [1.165, 1.54) is 0 Å². The maximum Gasteiger partial charge on any atom is 0.238 e. The Morgan fingerprint density at radius 3 is 2.63 bits per heavy atom. The summed E-state index contributed by atoms with van der Waals surface area (Å²) in [5, 5.41) is 1.96. The SMILES string of the molecule is CC(C)(CCCN)CNC(=O)C1CCCCS1(=O)=O. The van der Waals surface area contributed by atoms with Crippen molar-refractivity contribution >= 4 is 15.7 Å². The van der Waals surface area contributed by atoms with Gasteiger partial charge in [-0.3, -0.25) is 4.79 Å². The average molecular weight is 290 g/mol. The first-order chi connectivity index (χ1) is 8.78. The van der Waals surface area contributed by atoms with Crippen molar-refractivity contribution in [2.24, 2.45) is 11.1 Å². The van der Waals surface area contributed by atoms with E-state index in [9.17, 15) is 13.2 Å². The molecule has 112 valence electrons. The molecule has 1 unspecified atom stereocenters. The van der Waals surface area contributed by atoms with E-state index in [0.29, 0.717) is 25.9 Å². The Bertz CT molecular complexity index is 404. The van der Waals surface area contributed by atoms with E-state index in [1.54, 1.807) is 0 Å². The Labute approximate surface area is 116 Å². The van der Waals surface area contributed by atoms with Gasteiger partial charge in [0.15, 0.2) is 9.84 Å². The van der Waals surface area contributed by atoms with Crippen LogP contribution in [0.4, 0.5) is 0 Å². The molecule has 0 spiro atoms. The lowest BCUT2D eigenvalue weighted by Gasteiger charge is -2.27. The van der Waals surface area contributed by atoms with Crippen LogP contribution in [0.15, 0.2) is 0 Å². The molecule has 6 heteroatoms. The number of hydrogen-bond acceptors (Lipinski definition) is 4. The molecule has 0 radical (unpaired) electrons. The highest BCUT2D eigenvalue weighted by Gasteiger charge is 2.35. The summed E-state index contributed by atoms with van der Waals surface area (Å²) in [7, 11) is -3.24. The molecule has 0 aromatic rings. The van der Waals surface area contributed by atoms with Crippen molar-refractivity contribution in [2.75, 3.05) is 18.8 Å². The van der Waals surface area contributed by atoms with Gasteiger partial charge >= 0.3 is 0 Å². The van der Waals surface area contributed by atoms with Gasteiger partial charge in [-0.1, -0.05) is 20.3 Å². The summed E-state index contributed by atoms with van der Waals surface area (Å²) in [6.07, 6.45) is 3.77. The molecule has 3 N–H and O–H groups in total. The topological polar surface area (TPSA) is 89.3 Å². The first kappa shape index (κ1) is 16.4. The monoisotopic (exact) mass is 290 g/mol. The van der Waals surface area contributed by atoms with E-state index in [-0.39, 0.29) is 17.1 Å². The number of carbonyl (C=O) groups excluding carboxylic acids is 1. The van der Waals surface area contributed by atoms with Crippen LogP contribution >= 0.6 is 0 Å². The Morgan fingerprint density at radius 1 is 1.37 bits per heavy atom. The first-order valence-electron chi connectivity index (χ1n) is 6.98. The van der Waals surface area contributed by atoms with Crippen molar-refractivity contribution in [1.29, 1.82) is 0 Å². The molecule has 0 aromatic heterocycles. The highest BCUT2D eigenvalue weighted by atomic mass is 32.2. The van der Waals surface area contributed by atoms with Crippen LogP contribution in [0.1, 0.15) is 46.0 Å². The first-order valence-corrected chi connectivity index (χ1v) is 8.69. The van der Waals surface area contributed by atoms with Crippen molar-refractivity contribution in [3.8, 4) is 0 Å². The van der Waals surface area contributed by atoms with Gasteiger partial charge in [0, 0.05) is 6.54 Å². The van der Waals surface area contributed by atoms with Crippen LogP contribution in [-0.4, -0.2) is 38.4 Å². The molecule has 1 atom stereocenters. The van der Waals surface area contributed by atoms with Crippen molar-refractivity contribution in [2.45, 2.75) is 51.2 Å². The summed E-state index contributed by atoms with van der Waals surface area (Å²) in [5.41, 5.74) is 5.43. The van der Waals surface area contributed by atoms with Gasteiger partial charge in [-0.2, -0.15) is 0 Å². The number of hydrogen-bond donors (Lipinski definition) is 2. The van der Waals surface area contributed by atoms with Gasteiger partial charge in [0.25, 0.3) is 0 Å². The lowest BCUT2D eigenvalue weighted by atomic mass is 9.87. The van der Waals surface area contributed by atoms with Gasteiger partial charge in [-0.15, -0.1) is 0 Å². The fourth-order valence-corrected chi connectivity index (χ4v) is 4.18. The maximum atomic E-state index is 12.0. The predicted molar refractivity (Wildman–Crippen MR) is 76.5 cm³/mol. The molecule has 1 amide bonds. The van der Waals surface area contributed by atoms with E-state index < -0.39 is 15.1 Å². The molecule has 1 fully saturated rings. The third-order valence-corrected chi connectivity index (χ3v) is 5.84. The minimum atomic E-state index is -3.24. The Hall–Kier alpha value is -0.620. The van der Waals surface area contributed by atoms with Crippen LogP contribution < -0.4 is 11.1 Å². The number of rotatable bonds is 6. The summed E-state index contributed by atoms with van der Waals surface area (Å²) in [6.45, 7) is 5.24. The number of nitrogens with one attached hydrogen (secondary N) is 1. The molecule has 5 nitrogen and oxygen atoms in total. The van der Waals surface area contributed by atoms with Crippen LogP contribution in [-0.2, 0) is 14.6 Å². The summed E-state index contributed by atoms with van der Waals surface area (Å²) in [6, 6.07) is 0. The van der Waals surface area contributed by atoms with E-state index in [0.717, 1.165) is 19.3 Å². The fourth-order valence-electron chi connectivity index (χ4n) is 2.36. The van der Waals surface area contributed by atoms with Crippen LogP contribution in [0.25, 0.3) is 0 Å². The molecule has 1 heterocycles. The Balaban J connectivity index is 2.51. The number of sulfone groups is 1. The van der Waals surface area contributed by atoms with Gasteiger partial charge in [0.2, 0.25) is 5.91 Å². The smallest absolute Gasteiger partial charge is 0.238 e. The van der Waals surface area contributed by atoms with E-state index >= 15 is 0 Å². The van der Waals surface area contributed by atoms with Crippen molar-refractivity contribution in [1.82, 2.24) is 5.32 Å². The molecule has 0 saturated carbocycles. The molecule has 1 saturated heterocycles. The molecule has 1 aliphatic rings. The molecule has 1 rings (SSSR count). The van der Waals surface area contributed by atoms with E-state index in [2.05, 4.69) is 19.2 Å². The lowest BCUT2D eigenvalue weighted by molar-refractivity contribution is -0.121. The maximum absolute atomic E-state index is 12.0. The lowest BCUT2D eigenvalue weighted by Crippen LogP contribution is -2.45. The normalized spacial score (nSPS) is 23.0. The number of amides is 1. The van der Waals surface area contributed by atoms with Crippen LogP contribution in [0, 0.1) is 5.41 Å². The van der Waals surface area contributed by atoms with E-state index in [4.69, 9.17) is 5.73 Å². The van der Waals surface area contributed by atoms with Gasteiger partial charge in [0.05, 0.1) is 5.75 Å². The molecular formula is C13H26N2O3S. The second-order valence-electron chi connectivity index (χ2n) is 6.13. The fraction of sp³-hybridized carbons (Fsp3) is 0.923. The predicted octanol–water partition coefficient (Wildman–Crippen LogP) is 0.835. The summed E-state index contributed by atoms with van der Waals surface area (Å²) in [5.74, 6) is -0.192. The van der Waals surface area contributed by atoms with Gasteiger partial charge < -0.3 is 11.1 Å². The zero-order valence-corrected chi connectivity index (χ0v) is 12.8. The van der Waals surface area contributed by atoms with E-state index in [1.807, 2.05) is 0 Å². The van der Waals surface area contributed by atoms with Crippen molar-refractivity contribution < 1.29 is 13.2 Å². The zero-order valence-electron chi connectivity index (χ0n) is 11.9. The molecule has 19 heavy (non-hydrogen) atoms. The largest absolute Gasteiger partial charge is 0.354 e. The third-order valence-electron chi connectivity index (χ3n) is 3.67. The highest BCUT2D eigenvalue weighted by molar-refractivity contribution is 7.92. The second-order valence-corrected chi connectivity index (χ2v) is 8.43. The minimum absolute atomic E-state index is 0.0482. The van der Waals surface area contributed by atoms with Crippen molar-refractivity contribution in [3.05, 3.63) is 0 Å². The molecular weight excluding hydrogens is 264 g/mol. The highest BCUT2D eigenvalue weighted by Crippen LogP contribution is 2.22. The zero-order chi connectivity index (χ0) is 14.5. The van der Waals surface area contributed by atoms with Crippen LogP contribution in [0.2, 0.25) is 0 Å². The van der Waals surface area contributed by atoms with Crippen molar-refractivity contribution in [3.63, 3.8) is 0 Å². The minimum Gasteiger partial charge on any atom is -0.354 e. The quantitative estimate of drug-likeness (QED) is 0.758. The Kier molecular flexibility index (Phi) is 5.80. The molecule has 0 aliphatic carbocycles. The number of nitrogens with two attached hydrogens (primary N) is 1. The summed E-state index contributed by atoms with van der Waals surface area (Å²) >= 11 is 0. The summed E-state index contributed by atoms with van der Waals surface area (Å²) in [4.78, 5) is 12.0. The summed E-state index contributed by atoms with van der Waals surface area (Å²) < 4.78 is 23.7. The molecule has 0 aromatic carbocycles. The average Bonchev–Trinajstić information content (AvgIpc) is 2.33. The Morgan fingerprint density at radius 2 is 2.05 bits per heavy atom.